The first-order valence-corrected chi connectivity index (χ1v) is 9.76. The maximum Gasteiger partial charge on any atom is 0.317 e. The van der Waals surface area contributed by atoms with Crippen LogP contribution in [0.15, 0.2) is 36.7 Å². The average molecular weight is 371 g/mol. The van der Waals surface area contributed by atoms with Gasteiger partial charge in [0.1, 0.15) is 6.33 Å². The van der Waals surface area contributed by atoms with Crippen LogP contribution in [0.25, 0.3) is 0 Å². The van der Waals surface area contributed by atoms with Gasteiger partial charge in [-0.05, 0) is 31.5 Å². The lowest BCUT2D eigenvalue weighted by Gasteiger charge is -2.32. The number of amides is 2. The first-order valence-electron chi connectivity index (χ1n) is 9.76. The number of carbonyl (C=O) groups is 1. The maximum atomic E-state index is 12.6. The molecule has 0 saturated carbocycles. The second-order valence-electron chi connectivity index (χ2n) is 7.28. The summed E-state index contributed by atoms with van der Waals surface area (Å²) >= 11 is 0. The van der Waals surface area contributed by atoms with Crippen LogP contribution in [0.5, 0.6) is 0 Å². The quantitative estimate of drug-likeness (QED) is 0.849. The Morgan fingerprint density at radius 1 is 1.19 bits per heavy atom. The van der Waals surface area contributed by atoms with Gasteiger partial charge in [-0.15, -0.1) is 10.2 Å². The number of nitrogens with zero attached hydrogens (tertiary/aromatic N) is 5. The number of nitrogens with one attached hydrogen (secondary N) is 1. The Morgan fingerprint density at radius 3 is 2.52 bits per heavy atom. The molecule has 3 rings (SSSR count). The van der Waals surface area contributed by atoms with E-state index in [1.54, 1.807) is 18.3 Å². The van der Waals surface area contributed by atoms with Gasteiger partial charge in [-0.25, -0.2) is 4.79 Å². The lowest BCUT2D eigenvalue weighted by atomic mass is 10.0. The molecular weight excluding hydrogens is 340 g/mol. The first-order chi connectivity index (χ1) is 13.1. The van der Waals surface area contributed by atoms with Gasteiger partial charge in [-0.1, -0.05) is 43.2 Å². The van der Waals surface area contributed by atoms with E-state index in [9.17, 15) is 4.79 Å². The summed E-state index contributed by atoms with van der Waals surface area (Å²) in [6.45, 7) is 3.21. The van der Waals surface area contributed by atoms with Crippen LogP contribution in [-0.4, -0.2) is 57.3 Å². The lowest BCUT2D eigenvalue weighted by molar-refractivity contribution is 0.182. The van der Waals surface area contributed by atoms with Gasteiger partial charge in [0.15, 0.2) is 5.82 Å². The number of likely N-dealkylation sites (tertiary alicyclic amines) is 1. The van der Waals surface area contributed by atoms with E-state index in [1.807, 2.05) is 17.7 Å². The largest absolute Gasteiger partial charge is 0.336 e. The summed E-state index contributed by atoms with van der Waals surface area (Å²) in [5.74, 6) is 0.764. The summed E-state index contributed by atoms with van der Waals surface area (Å²) < 4.78 is 1.83. The Kier molecular flexibility index (Phi) is 6.81. The van der Waals surface area contributed by atoms with E-state index in [-0.39, 0.29) is 12.1 Å². The van der Waals surface area contributed by atoms with Crippen LogP contribution in [-0.2, 0) is 13.6 Å². The number of hydrogen-bond donors (Lipinski definition) is 1. The molecule has 1 saturated heterocycles. The number of aromatic nitrogens is 3. The molecule has 7 nitrogen and oxygen atoms in total. The highest BCUT2D eigenvalue weighted by atomic mass is 16.2. The molecule has 7 heteroatoms. The Balaban J connectivity index is 1.63. The zero-order valence-corrected chi connectivity index (χ0v) is 16.3. The van der Waals surface area contributed by atoms with Gasteiger partial charge in [0, 0.05) is 20.6 Å². The van der Waals surface area contributed by atoms with Gasteiger partial charge in [-0.3, -0.25) is 4.90 Å². The highest BCUT2D eigenvalue weighted by molar-refractivity contribution is 5.73. The lowest BCUT2D eigenvalue weighted by Crippen LogP contribution is -2.43. The predicted molar refractivity (Wildman–Crippen MR) is 105 cm³/mol. The molecule has 1 atom stereocenters. The Hall–Kier alpha value is -2.41. The number of carbonyl (C=O) groups excluding carboxylic acids is 1. The molecule has 0 radical (unpaired) electrons. The molecule has 2 amide bonds. The van der Waals surface area contributed by atoms with Crippen molar-refractivity contribution in [3.63, 3.8) is 0 Å². The molecule has 1 aliphatic rings. The Bertz CT molecular complexity index is 708. The van der Waals surface area contributed by atoms with E-state index in [2.05, 4.69) is 44.7 Å². The van der Waals surface area contributed by atoms with Crippen molar-refractivity contribution in [1.29, 1.82) is 0 Å². The van der Waals surface area contributed by atoms with Crippen molar-refractivity contribution in [3.8, 4) is 0 Å². The zero-order chi connectivity index (χ0) is 19.1. The number of hydrogen-bond acceptors (Lipinski definition) is 4. The average Bonchev–Trinajstić information content (AvgIpc) is 2.92. The summed E-state index contributed by atoms with van der Waals surface area (Å²) in [7, 11) is 3.67. The molecule has 0 aliphatic carbocycles. The highest BCUT2D eigenvalue weighted by Gasteiger charge is 2.23. The fourth-order valence-corrected chi connectivity index (χ4v) is 3.59. The van der Waals surface area contributed by atoms with Gasteiger partial charge in [0.2, 0.25) is 0 Å². The van der Waals surface area contributed by atoms with Gasteiger partial charge in [0.25, 0.3) is 0 Å². The van der Waals surface area contributed by atoms with E-state index in [0.717, 1.165) is 18.9 Å². The first kappa shape index (κ1) is 19.4. The van der Waals surface area contributed by atoms with E-state index in [4.69, 9.17) is 0 Å². The number of urea groups is 1. The SMILES string of the molecule is CN(Cc1nncn1C)C(=O)NCC(c1ccccc1)N1CCCCCC1. The minimum atomic E-state index is -0.0891. The third-order valence-electron chi connectivity index (χ3n) is 5.24. The smallest absolute Gasteiger partial charge is 0.317 e. The second-order valence-corrected chi connectivity index (χ2v) is 7.28. The molecule has 0 bridgehead atoms. The normalized spacial score (nSPS) is 16.5. The molecule has 1 aromatic carbocycles. The van der Waals surface area contributed by atoms with Gasteiger partial charge < -0.3 is 14.8 Å². The summed E-state index contributed by atoms with van der Waals surface area (Å²) in [4.78, 5) is 16.8. The van der Waals surface area contributed by atoms with Crippen LogP contribution in [0.3, 0.4) is 0 Å². The third kappa shape index (κ3) is 5.29. The minimum Gasteiger partial charge on any atom is -0.336 e. The van der Waals surface area contributed by atoms with Crippen molar-refractivity contribution >= 4 is 6.03 Å². The third-order valence-corrected chi connectivity index (χ3v) is 5.24. The fraction of sp³-hybridized carbons (Fsp3) is 0.550. The van der Waals surface area contributed by atoms with Crippen molar-refractivity contribution < 1.29 is 4.79 Å². The second kappa shape index (κ2) is 9.50. The van der Waals surface area contributed by atoms with Crippen LogP contribution < -0.4 is 5.32 Å². The number of benzene rings is 1. The molecule has 146 valence electrons. The van der Waals surface area contributed by atoms with E-state index < -0.39 is 0 Å². The summed E-state index contributed by atoms with van der Waals surface area (Å²) in [5.41, 5.74) is 1.26. The van der Waals surface area contributed by atoms with E-state index in [0.29, 0.717) is 13.1 Å². The summed E-state index contributed by atoms with van der Waals surface area (Å²) in [5, 5.41) is 11.0. The van der Waals surface area contributed by atoms with Crippen molar-refractivity contribution in [2.45, 2.75) is 38.3 Å². The predicted octanol–water partition coefficient (Wildman–Crippen LogP) is 2.57. The molecule has 1 unspecified atom stereocenters. The van der Waals surface area contributed by atoms with E-state index >= 15 is 0 Å². The number of rotatable bonds is 6. The van der Waals surface area contributed by atoms with Crippen LogP contribution in [0.4, 0.5) is 4.79 Å². The molecule has 27 heavy (non-hydrogen) atoms. The standard InChI is InChI=1S/C20H30N6O/c1-24(15-19-23-22-16-25(19)2)20(27)21-14-18(17-10-6-5-7-11-17)26-12-8-3-4-9-13-26/h5-7,10-11,16,18H,3-4,8-9,12-15H2,1-2H3,(H,21,27). The van der Waals surface area contributed by atoms with Gasteiger partial charge in [0.05, 0.1) is 12.6 Å². The highest BCUT2D eigenvalue weighted by Crippen LogP contribution is 2.23. The van der Waals surface area contributed by atoms with Crippen molar-refractivity contribution in [1.82, 2.24) is 29.9 Å². The van der Waals surface area contributed by atoms with Crippen LogP contribution >= 0.6 is 0 Å². The fourth-order valence-electron chi connectivity index (χ4n) is 3.59. The Labute approximate surface area is 161 Å². The van der Waals surface area contributed by atoms with Crippen molar-refractivity contribution in [2.75, 3.05) is 26.7 Å². The topological polar surface area (TPSA) is 66.3 Å². The zero-order valence-electron chi connectivity index (χ0n) is 16.3. The van der Waals surface area contributed by atoms with Gasteiger partial charge >= 0.3 is 6.03 Å². The van der Waals surface area contributed by atoms with Crippen molar-refractivity contribution in [2.24, 2.45) is 7.05 Å². The molecule has 1 fully saturated rings. The van der Waals surface area contributed by atoms with Crippen molar-refractivity contribution in [3.05, 3.63) is 48.0 Å². The molecule has 1 aromatic heterocycles. The van der Waals surface area contributed by atoms with Crippen LogP contribution in [0.1, 0.15) is 43.1 Å². The maximum absolute atomic E-state index is 12.6. The molecule has 1 N–H and O–H groups in total. The van der Waals surface area contributed by atoms with Crippen LogP contribution in [0, 0.1) is 0 Å². The molecule has 2 aromatic rings. The Morgan fingerprint density at radius 2 is 1.89 bits per heavy atom. The summed E-state index contributed by atoms with van der Waals surface area (Å²) in [6.07, 6.45) is 6.69. The van der Waals surface area contributed by atoms with Gasteiger partial charge in [-0.2, -0.15) is 0 Å². The van der Waals surface area contributed by atoms with Crippen LogP contribution in [0.2, 0.25) is 0 Å². The molecular formula is C20H30N6O. The molecule has 1 aliphatic heterocycles. The molecule has 2 heterocycles. The minimum absolute atomic E-state index is 0.0891. The number of aryl methyl sites for hydroxylation is 1. The summed E-state index contributed by atoms with van der Waals surface area (Å²) in [6, 6.07) is 10.6. The van der Waals surface area contributed by atoms with E-state index in [1.165, 1.54) is 31.2 Å². The molecule has 0 spiro atoms. The monoisotopic (exact) mass is 370 g/mol.